The Balaban J connectivity index is 2.38. The Hall–Kier alpha value is -1.14. The van der Waals surface area contributed by atoms with Gasteiger partial charge in [0.1, 0.15) is 5.54 Å². The third-order valence-corrected chi connectivity index (χ3v) is 3.85. The summed E-state index contributed by atoms with van der Waals surface area (Å²) in [5, 5.41) is 6.25. The molecule has 1 aliphatic carbocycles. The van der Waals surface area contributed by atoms with E-state index < -0.39 is 5.54 Å². The summed E-state index contributed by atoms with van der Waals surface area (Å²) in [7, 11) is 3.14. The smallest absolute Gasteiger partial charge is 0.325 e. The summed E-state index contributed by atoms with van der Waals surface area (Å²) in [4.78, 5) is 23.0. The molecule has 0 radical (unpaired) electrons. The predicted octanol–water partition coefficient (Wildman–Crippen LogP) is 0.304. The van der Waals surface area contributed by atoms with Crippen LogP contribution in [0.15, 0.2) is 0 Å². The fraction of sp³-hybridized carbons (Fsp3) is 0.857. The van der Waals surface area contributed by atoms with Crippen molar-refractivity contribution in [2.24, 2.45) is 5.73 Å². The molecule has 0 aromatic rings. The SMILES string of the molecule is CNC(CCCCC(C)(NC1CC1)C(=O)OC)C(N)=O. The highest BCUT2D eigenvalue weighted by Crippen LogP contribution is 2.26. The molecular weight excluding hydrogens is 258 g/mol. The van der Waals surface area contributed by atoms with Crippen LogP contribution in [0.4, 0.5) is 0 Å². The molecular formula is C14H27N3O3. The highest BCUT2D eigenvalue weighted by Gasteiger charge is 2.38. The van der Waals surface area contributed by atoms with Gasteiger partial charge in [-0.2, -0.15) is 0 Å². The Morgan fingerprint density at radius 2 is 2.05 bits per heavy atom. The molecule has 6 heteroatoms. The average molecular weight is 285 g/mol. The van der Waals surface area contributed by atoms with Crippen LogP contribution >= 0.6 is 0 Å². The van der Waals surface area contributed by atoms with Gasteiger partial charge in [-0.15, -0.1) is 0 Å². The van der Waals surface area contributed by atoms with Gasteiger partial charge in [-0.1, -0.05) is 12.8 Å². The minimum atomic E-state index is -0.627. The topological polar surface area (TPSA) is 93.4 Å². The number of methoxy groups -OCH3 is 1. The standard InChI is InChI=1S/C14H27N3O3/c1-14(13(19)20-3,17-10-7-8-10)9-5-4-6-11(16-2)12(15)18/h10-11,16-17H,4-9H2,1-3H3,(H2,15,18). The van der Waals surface area contributed by atoms with Crippen LogP contribution in [0.3, 0.4) is 0 Å². The van der Waals surface area contributed by atoms with E-state index in [1.54, 1.807) is 7.05 Å². The number of esters is 1. The van der Waals surface area contributed by atoms with Crippen molar-refractivity contribution in [1.82, 2.24) is 10.6 Å². The maximum Gasteiger partial charge on any atom is 0.325 e. The summed E-state index contributed by atoms with van der Waals surface area (Å²) in [5.41, 5.74) is 4.64. The molecule has 0 spiro atoms. The van der Waals surface area contributed by atoms with Gasteiger partial charge in [-0.05, 0) is 39.7 Å². The monoisotopic (exact) mass is 285 g/mol. The van der Waals surface area contributed by atoms with Crippen LogP contribution in [-0.2, 0) is 14.3 Å². The van der Waals surface area contributed by atoms with E-state index in [-0.39, 0.29) is 17.9 Å². The van der Waals surface area contributed by atoms with Crippen molar-refractivity contribution in [3.8, 4) is 0 Å². The Morgan fingerprint density at radius 1 is 1.40 bits per heavy atom. The van der Waals surface area contributed by atoms with E-state index in [1.807, 2.05) is 6.92 Å². The highest BCUT2D eigenvalue weighted by molar-refractivity contribution is 5.80. The van der Waals surface area contributed by atoms with Gasteiger partial charge >= 0.3 is 5.97 Å². The summed E-state index contributed by atoms with van der Waals surface area (Å²) in [6, 6.07) is 0.144. The quantitative estimate of drug-likeness (QED) is 0.396. The fourth-order valence-electron chi connectivity index (χ4n) is 2.39. The number of primary amides is 1. The van der Waals surface area contributed by atoms with E-state index in [0.29, 0.717) is 18.9 Å². The number of rotatable bonds is 10. The lowest BCUT2D eigenvalue weighted by atomic mass is 9.93. The third kappa shape index (κ3) is 5.09. The van der Waals surface area contributed by atoms with Gasteiger partial charge in [0, 0.05) is 6.04 Å². The number of nitrogens with two attached hydrogens (primary N) is 1. The molecule has 0 bridgehead atoms. The second kappa shape index (κ2) is 7.59. The van der Waals surface area contributed by atoms with E-state index in [0.717, 1.165) is 25.7 Å². The Bertz CT molecular complexity index is 345. The van der Waals surface area contributed by atoms with Crippen molar-refractivity contribution < 1.29 is 14.3 Å². The molecule has 0 saturated heterocycles. The zero-order valence-corrected chi connectivity index (χ0v) is 12.7. The zero-order valence-electron chi connectivity index (χ0n) is 12.7. The van der Waals surface area contributed by atoms with Crippen LogP contribution in [-0.4, -0.2) is 43.7 Å². The first-order valence-corrected chi connectivity index (χ1v) is 7.25. The largest absolute Gasteiger partial charge is 0.468 e. The summed E-state index contributed by atoms with van der Waals surface area (Å²) in [6.45, 7) is 1.89. The second-order valence-electron chi connectivity index (χ2n) is 5.73. The maximum absolute atomic E-state index is 11.9. The molecule has 0 aromatic carbocycles. The summed E-state index contributed by atoms with van der Waals surface area (Å²) in [6.07, 6.45) is 5.31. The number of hydrogen-bond acceptors (Lipinski definition) is 5. The minimum Gasteiger partial charge on any atom is -0.468 e. The van der Waals surface area contributed by atoms with Crippen molar-refractivity contribution in [1.29, 1.82) is 0 Å². The number of likely N-dealkylation sites (N-methyl/N-ethyl adjacent to an activating group) is 1. The molecule has 4 N–H and O–H groups in total. The first-order chi connectivity index (χ1) is 9.42. The van der Waals surface area contributed by atoms with Crippen molar-refractivity contribution in [3.63, 3.8) is 0 Å². The molecule has 116 valence electrons. The number of carbonyl (C=O) groups excluding carboxylic acids is 2. The lowest BCUT2D eigenvalue weighted by Gasteiger charge is -2.28. The van der Waals surface area contributed by atoms with Gasteiger partial charge in [-0.25, -0.2) is 0 Å². The van der Waals surface area contributed by atoms with Crippen LogP contribution in [0.5, 0.6) is 0 Å². The number of amides is 1. The average Bonchev–Trinajstić information content (AvgIpc) is 3.21. The first kappa shape index (κ1) is 16.9. The van der Waals surface area contributed by atoms with Crippen LogP contribution in [0, 0.1) is 0 Å². The van der Waals surface area contributed by atoms with Gasteiger partial charge in [0.05, 0.1) is 13.2 Å². The van der Waals surface area contributed by atoms with Crippen molar-refractivity contribution in [3.05, 3.63) is 0 Å². The van der Waals surface area contributed by atoms with Crippen molar-refractivity contribution >= 4 is 11.9 Å². The zero-order chi connectivity index (χ0) is 15.2. The molecule has 2 atom stereocenters. The van der Waals surface area contributed by atoms with Crippen LogP contribution < -0.4 is 16.4 Å². The van der Waals surface area contributed by atoms with E-state index in [2.05, 4.69) is 10.6 Å². The van der Waals surface area contributed by atoms with Crippen molar-refractivity contribution in [2.75, 3.05) is 14.2 Å². The molecule has 1 fully saturated rings. The number of carbonyl (C=O) groups is 2. The lowest BCUT2D eigenvalue weighted by molar-refractivity contribution is -0.148. The first-order valence-electron chi connectivity index (χ1n) is 7.25. The molecule has 6 nitrogen and oxygen atoms in total. The predicted molar refractivity (Wildman–Crippen MR) is 77.1 cm³/mol. The molecule has 20 heavy (non-hydrogen) atoms. The normalized spacial score (nSPS) is 19.1. The highest BCUT2D eigenvalue weighted by atomic mass is 16.5. The van der Waals surface area contributed by atoms with Gasteiger partial charge in [0.15, 0.2) is 0 Å². The minimum absolute atomic E-state index is 0.218. The van der Waals surface area contributed by atoms with Gasteiger partial charge in [0.2, 0.25) is 5.91 Å². The number of hydrogen-bond donors (Lipinski definition) is 3. The molecule has 0 aliphatic heterocycles. The molecule has 1 amide bonds. The molecule has 0 aromatic heterocycles. The number of nitrogens with one attached hydrogen (secondary N) is 2. The Kier molecular flexibility index (Phi) is 6.42. The second-order valence-corrected chi connectivity index (χ2v) is 5.73. The maximum atomic E-state index is 11.9. The van der Waals surface area contributed by atoms with Crippen LogP contribution in [0.2, 0.25) is 0 Å². The number of ether oxygens (including phenoxy) is 1. The fourth-order valence-corrected chi connectivity index (χ4v) is 2.39. The molecule has 1 rings (SSSR count). The molecule has 1 saturated carbocycles. The summed E-state index contributed by atoms with van der Waals surface area (Å²) >= 11 is 0. The Labute approximate surface area is 120 Å². The van der Waals surface area contributed by atoms with Gasteiger partial charge in [-0.3, -0.25) is 14.9 Å². The van der Waals surface area contributed by atoms with Crippen LogP contribution in [0.25, 0.3) is 0 Å². The molecule has 0 heterocycles. The molecule has 2 unspecified atom stereocenters. The van der Waals surface area contributed by atoms with E-state index in [9.17, 15) is 9.59 Å². The molecule has 1 aliphatic rings. The van der Waals surface area contributed by atoms with E-state index >= 15 is 0 Å². The van der Waals surface area contributed by atoms with E-state index in [1.165, 1.54) is 7.11 Å². The summed E-state index contributed by atoms with van der Waals surface area (Å²) < 4.78 is 4.89. The summed E-state index contributed by atoms with van der Waals surface area (Å²) in [5.74, 6) is -0.552. The van der Waals surface area contributed by atoms with Gasteiger partial charge < -0.3 is 15.8 Å². The van der Waals surface area contributed by atoms with Crippen LogP contribution in [0.1, 0.15) is 45.4 Å². The van der Waals surface area contributed by atoms with E-state index in [4.69, 9.17) is 10.5 Å². The lowest BCUT2D eigenvalue weighted by Crippen LogP contribution is -2.51. The Morgan fingerprint density at radius 3 is 2.50 bits per heavy atom. The van der Waals surface area contributed by atoms with Crippen molar-refractivity contribution in [2.45, 2.75) is 63.1 Å². The third-order valence-electron chi connectivity index (χ3n) is 3.85. The van der Waals surface area contributed by atoms with Gasteiger partial charge in [0.25, 0.3) is 0 Å². The number of unbranched alkanes of at least 4 members (excludes halogenated alkanes) is 1.